The number of amides is 1. The Labute approximate surface area is 116 Å². The van der Waals surface area contributed by atoms with Gasteiger partial charge in [-0.2, -0.15) is 0 Å². The van der Waals surface area contributed by atoms with Crippen LogP contribution in [-0.4, -0.2) is 61.2 Å². The van der Waals surface area contributed by atoms with Crippen LogP contribution in [0.1, 0.15) is 36.2 Å². The van der Waals surface area contributed by atoms with Gasteiger partial charge in [-0.25, -0.2) is 9.48 Å². The topological polar surface area (TPSA) is 109 Å². The molecular weight excluding hydrogens is 264 g/mol. The molecule has 0 bridgehead atoms. The predicted molar refractivity (Wildman–Crippen MR) is 68.0 cm³/mol. The highest BCUT2D eigenvalue weighted by atomic mass is 16.4. The first-order valence-corrected chi connectivity index (χ1v) is 6.65. The van der Waals surface area contributed by atoms with Crippen LogP contribution < -0.4 is 0 Å². The first-order valence-electron chi connectivity index (χ1n) is 6.65. The standard InChI is InChI=1S/C12H18N4O4/c17-6-4-9-3-1-2-5-16(9)11(18)8-15-7-10(12(19)20)13-14-15/h7,9,17H,1-6,8H2,(H,19,20). The SMILES string of the molecule is O=C(O)c1cn(CC(=O)N2CCCCC2CCO)nn1. The normalized spacial score (nSPS) is 19.1. The van der Waals surface area contributed by atoms with E-state index in [4.69, 9.17) is 10.2 Å². The van der Waals surface area contributed by atoms with Crippen molar-refractivity contribution in [1.82, 2.24) is 19.9 Å². The third-order valence-electron chi connectivity index (χ3n) is 3.46. The number of nitrogens with zero attached hydrogens (tertiary/aromatic N) is 4. The summed E-state index contributed by atoms with van der Waals surface area (Å²) in [5.41, 5.74) is -0.177. The Bertz CT molecular complexity index is 486. The van der Waals surface area contributed by atoms with Crippen LogP contribution >= 0.6 is 0 Å². The van der Waals surface area contributed by atoms with Crippen LogP contribution in [0.4, 0.5) is 0 Å². The van der Waals surface area contributed by atoms with E-state index in [1.807, 2.05) is 0 Å². The minimum Gasteiger partial charge on any atom is -0.476 e. The molecule has 8 nitrogen and oxygen atoms in total. The predicted octanol–water partition coefficient (Wildman–Crippen LogP) is -0.260. The van der Waals surface area contributed by atoms with Crippen molar-refractivity contribution in [2.75, 3.05) is 13.2 Å². The van der Waals surface area contributed by atoms with Crippen molar-refractivity contribution in [1.29, 1.82) is 0 Å². The first-order chi connectivity index (χ1) is 9.61. The van der Waals surface area contributed by atoms with Crippen LogP contribution in [-0.2, 0) is 11.3 Å². The molecule has 2 heterocycles. The molecule has 1 amide bonds. The number of aliphatic hydroxyl groups excluding tert-OH is 1. The Kier molecular flexibility index (Phi) is 4.67. The molecule has 1 saturated heterocycles. The van der Waals surface area contributed by atoms with E-state index >= 15 is 0 Å². The minimum atomic E-state index is -1.17. The molecule has 0 saturated carbocycles. The summed E-state index contributed by atoms with van der Waals surface area (Å²) in [6.45, 7) is 0.702. The molecule has 0 aromatic carbocycles. The van der Waals surface area contributed by atoms with Gasteiger partial charge in [0, 0.05) is 19.2 Å². The zero-order valence-corrected chi connectivity index (χ0v) is 11.1. The first kappa shape index (κ1) is 14.4. The van der Waals surface area contributed by atoms with E-state index in [9.17, 15) is 9.59 Å². The van der Waals surface area contributed by atoms with Crippen LogP contribution in [0, 0.1) is 0 Å². The molecule has 1 unspecified atom stereocenters. The molecule has 110 valence electrons. The average Bonchev–Trinajstić information content (AvgIpc) is 2.88. The summed E-state index contributed by atoms with van der Waals surface area (Å²) < 4.78 is 1.23. The number of aromatic carboxylic acids is 1. The van der Waals surface area contributed by atoms with Crippen molar-refractivity contribution >= 4 is 11.9 Å². The highest BCUT2D eigenvalue weighted by Gasteiger charge is 2.26. The van der Waals surface area contributed by atoms with E-state index in [-0.39, 0.29) is 30.8 Å². The number of carboxylic acid groups (broad SMARTS) is 1. The van der Waals surface area contributed by atoms with E-state index in [0.717, 1.165) is 19.3 Å². The molecule has 1 atom stereocenters. The lowest BCUT2D eigenvalue weighted by atomic mass is 9.99. The highest BCUT2D eigenvalue weighted by molar-refractivity contribution is 5.84. The van der Waals surface area contributed by atoms with E-state index in [2.05, 4.69) is 10.3 Å². The van der Waals surface area contributed by atoms with Crippen molar-refractivity contribution in [2.24, 2.45) is 0 Å². The fraction of sp³-hybridized carbons (Fsp3) is 0.667. The number of carbonyl (C=O) groups excluding carboxylic acids is 1. The molecule has 0 spiro atoms. The lowest BCUT2D eigenvalue weighted by Crippen LogP contribution is -2.45. The summed E-state index contributed by atoms with van der Waals surface area (Å²) in [7, 11) is 0. The summed E-state index contributed by atoms with van der Waals surface area (Å²) in [4.78, 5) is 24.7. The van der Waals surface area contributed by atoms with Gasteiger partial charge in [0.1, 0.15) is 6.54 Å². The number of hydrogen-bond acceptors (Lipinski definition) is 5. The van der Waals surface area contributed by atoms with Gasteiger partial charge in [-0.15, -0.1) is 5.10 Å². The fourth-order valence-electron chi connectivity index (χ4n) is 2.48. The van der Waals surface area contributed by atoms with Crippen LogP contribution in [0.5, 0.6) is 0 Å². The summed E-state index contributed by atoms with van der Waals surface area (Å²) >= 11 is 0. The molecule has 1 aromatic rings. The number of rotatable bonds is 5. The monoisotopic (exact) mass is 282 g/mol. The number of aliphatic hydroxyl groups is 1. The summed E-state index contributed by atoms with van der Waals surface area (Å²) in [5, 5.41) is 24.9. The molecule has 0 aliphatic carbocycles. The molecule has 2 rings (SSSR count). The molecule has 1 aliphatic heterocycles. The van der Waals surface area contributed by atoms with Gasteiger partial charge in [0.05, 0.1) is 6.20 Å². The van der Waals surface area contributed by atoms with Gasteiger partial charge >= 0.3 is 5.97 Å². The van der Waals surface area contributed by atoms with E-state index in [0.29, 0.717) is 13.0 Å². The second-order valence-electron chi connectivity index (χ2n) is 4.86. The number of hydrogen-bond donors (Lipinski definition) is 2. The maximum absolute atomic E-state index is 12.2. The smallest absolute Gasteiger partial charge is 0.358 e. The van der Waals surface area contributed by atoms with Gasteiger partial charge in [0.2, 0.25) is 5.91 Å². The largest absolute Gasteiger partial charge is 0.476 e. The quantitative estimate of drug-likeness (QED) is 0.770. The molecule has 1 fully saturated rings. The minimum absolute atomic E-state index is 0.0256. The third kappa shape index (κ3) is 3.32. The Morgan fingerprint density at radius 3 is 2.85 bits per heavy atom. The van der Waals surface area contributed by atoms with Crippen molar-refractivity contribution in [3.05, 3.63) is 11.9 Å². The lowest BCUT2D eigenvalue weighted by molar-refractivity contribution is -0.136. The third-order valence-corrected chi connectivity index (χ3v) is 3.46. The van der Waals surface area contributed by atoms with Crippen molar-refractivity contribution in [3.63, 3.8) is 0 Å². The summed E-state index contributed by atoms with van der Waals surface area (Å²) in [5.74, 6) is -1.29. The van der Waals surface area contributed by atoms with Gasteiger partial charge in [-0.05, 0) is 25.7 Å². The van der Waals surface area contributed by atoms with E-state index in [1.54, 1.807) is 4.90 Å². The average molecular weight is 282 g/mol. The Morgan fingerprint density at radius 2 is 2.20 bits per heavy atom. The zero-order chi connectivity index (χ0) is 14.5. The number of piperidine rings is 1. The van der Waals surface area contributed by atoms with Crippen LogP contribution in [0.2, 0.25) is 0 Å². The van der Waals surface area contributed by atoms with Crippen molar-refractivity contribution < 1.29 is 19.8 Å². The Morgan fingerprint density at radius 1 is 1.40 bits per heavy atom. The number of carbonyl (C=O) groups is 2. The van der Waals surface area contributed by atoms with Crippen molar-refractivity contribution in [3.8, 4) is 0 Å². The van der Waals surface area contributed by atoms with Gasteiger partial charge in [-0.1, -0.05) is 5.21 Å². The lowest BCUT2D eigenvalue weighted by Gasteiger charge is -2.35. The van der Waals surface area contributed by atoms with E-state index in [1.165, 1.54) is 10.9 Å². The summed E-state index contributed by atoms with van der Waals surface area (Å²) in [6.07, 6.45) is 4.71. The second-order valence-corrected chi connectivity index (χ2v) is 4.86. The highest BCUT2D eigenvalue weighted by Crippen LogP contribution is 2.19. The maximum Gasteiger partial charge on any atom is 0.358 e. The Hall–Kier alpha value is -1.96. The molecule has 1 aromatic heterocycles. The van der Waals surface area contributed by atoms with Gasteiger partial charge in [0.25, 0.3) is 0 Å². The number of likely N-dealkylation sites (tertiary alicyclic amines) is 1. The van der Waals surface area contributed by atoms with E-state index < -0.39 is 5.97 Å². The number of aromatic nitrogens is 3. The maximum atomic E-state index is 12.2. The van der Waals surface area contributed by atoms with Gasteiger partial charge in [-0.3, -0.25) is 4.79 Å². The second kappa shape index (κ2) is 6.47. The molecule has 1 aliphatic rings. The Balaban J connectivity index is 2.00. The van der Waals surface area contributed by atoms with Crippen LogP contribution in [0.15, 0.2) is 6.20 Å². The van der Waals surface area contributed by atoms with Crippen LogP contribution in [0.3, 0.4) is 0 Å². The summed E-state index contributed by atoms with van der Waals surface area (Å²) in [6, 6.07) is 0.0590. The molecule has 2 N–H and O–H groups in total. The van der Waals surface area contributed by atoms with Crippen LogP contribution in [0.25, 0.3) is 0 Å². The zero-order valence-electron chi connectivity index (χ0n) is 11.1. The molecule has 8 heteroatoms. The fourth-order valence-corrected chi connectivity index (χ4v) is 2.48. The number of carboxylic acids is 1. The van der Waals surface area contributed by atoms with Gasteiger partial charge in [0.15, 0.2) is 5.69 Å². The molecule has 20 heavy (non-hydrogen) atoms. The molecular formula is C12H18N4O4. The van der Waals surface area contributed by atoms with Crippen molar-refractivity contribution in [2.45, 2.75) is 38.3 Å². The molecule has 0 radical (unpaired) electrons. The van der Waals surface area contributed by atoms with Gasteiger partial charge < -0.3 is 15.1 Å².